The van der Waals surface area contributed by atoms with E-state index in [4.69, 9.17) is 9.47 Å². The Morgan fingerprint density at radius 1 is 1.12 bits per heavy atom. The molecule has 0 bridgehead atoms. The van der Waals surface area contributed by atoms with Gasteiger partial charge in [-0.25, -0.2) is 4.79 Å². The number of aryl methyl sites for hydroxylation is 1. The van der Waals surface area contributed by atoms with Crippen molar-refractivity contribution in [2.45, 2.75) is 83.8 Å². The smallest absolute Gasteiger partial charge is 0.410 e. The molecule has 2 heterocycles. The Labute approximate surface area is 191 Å². The molecule has 6 heteroatoms. The predicted octanol–water partition coefficient (Wildman–Crippen LogP) is 5.24. The van der Waals surface area contributed by atoms with E-state index in [1.54, 1.807) is 0 Å². The molecule has 1 unspecified atom stereocenters. The average molecular weight is 444 g/mol. The van der Waals surface area contributed by atoms with Gasteiger partial charge in [0.15, 0.2) is 0 Å². The number of carbonyl (C=O) groups is 2. The molecule has 32 heavy (non-hydrogen) atoms. The minimum atomic E-state index is -0.727. The molecule has 4 rings (SSSR count). The van der Waals surface area contributed by atoms with E-state index in [2.05, 4.69) is 18.2 Å². The summed E-state index contributed by atoms with van der Waals surface area (Å²) < 4.78 is 12.0. The van der Waals surface area contributed by atoms with Crippen LogP contribution in [0.1, 0.15) is 76.8 Å². The number of carbonyl (C=O) groups excluding carboxylic acids is 1. The van der Waals surface area contributed by atoms with Crippen LogP contribution >= 0.6 is 0 Å². The SMILES string of the molecule is C[C@H](C(=O)O)[C@H](c1ccc2c(c1)OC(C1CCN(C(=O)OC(C)(C)C)CC1)CC2)C1CC1. The van der Waals surface area contributed by atoms with Crippen molar-refractivity contribution in [1.82, 2.24) is 4.90 Å². The van der Waals surface area contributed by atoms with E-state index in [1.165, 1.54) is 5.56 Å². The highest BCUT2D eigenvalue weighted by molar-refractivity contribution is 5.71. The van der Waals surface area contributed by atoms with Crippen LogP contribution in [-0.2, 0) is 16.0 Å². The summed E-state index contributed by atoms with van der Waals surface area (Å²) in [6.45, 7) is 8.91. The van der Waals surface area contributed by atoms with Crippen LogP contribution in [0, 0.1) is 17.8 Å². The zero-order valence-corrected chi connectivity index (χ0v) is 19.8. The number of likely N-dealkylation sites (tertiary alicyclic amines) is 1. The molecule has 1 aromatic rings. The van der Waals surface area contributed by atoms with Gasteiger partial charge >= 0.3 is 12.1 Å². The summed E-state index contributed by atoms with van der Waals surface area (Å²) in [5.41, 5.74) is 1.84. The normalized spacial score (nSPS) is 23.6. The van der Waals surface area contributed by atoms with Gasteiger partial charge in [-0.05, 0) is 94.2 Å². The molecule has 0 spiro atoms. The van der Waals surface area contributed by atoms with Crippen LogP contribution in [0.4, 0.5) is 4.79 Å². The highest BCUT2D eigenvalue weighted by Crippen LogP contribution is 2.48. The summed E-state index contributed by atoms with van der Waals surface area (Å²) >= 11 is 0. The molecule has 1 saturated carbocycles. The quantitative estimate of drug-likeness (QED) is 0.673. The fourth-order valence-corrected chi connectivity index (χ4v) is 5.30. The fraction of sp³-hybridized carbons (Fsp3) is 0.692. The molecule has 1 amide bonds. The van der Waals surface area contributed by atoms with Crippen molar-refractivity contribution in [1.29, 1.82) is 0 Å². The molecule has 1 N–H and O–H groups in total. The summed E-state index contributed by atoms with van der Waals surface area (Å²) in [4.78, 5) is 25.8. The highest BCUT2D eigenvalue weighted by atomic mass is 16.6. The summed E-state index contributed by atoms with van der Waals surface area (Å²) in [5, 5.41) is 9.60. The molecule has 1 aromatic carbocycles. The van der Waals surface area contributed by atoms with Crippen molar-refractivity contribution >= 4 is 12.1 Å². The Bertz CT molecular complexity index is 848. The van der Waals surface area contributed by atoms with Crippen LogP contribution in [0.5, 0.6) is 5.75 Å². The molecule has 3 aliphatic rings. The lowest BCUT2D eigenvalue weighted by molar-refractivity contribution is -0.142. The zero-order chi connectivity index (χ0) is 23.0. The second-order valence-electron chi connectivity index (χ2n) is 10.9. The zero-order valence-electron chi connectivity index (χ0n) is 19.8. The molecule has 176 valence electrons. The van der Waals surface area contributed by atoms with Crippen molar-refractivity contribution < 1.29 is 24.2 Å². The third kappa shape index (κ3) is 5.21. The molecule has 6 nitrogen and oxygen atoms in total. The van der Waals surface area contributed by atoms with Gasteiger partial charge < -0.3 is 19.5 Å². The van der Waals surface area contributed by atoms with Gasteiger partial charge in [0.25, 0.3) is 0 Å². The summed E-state index contributed by atoms with van der Waals surface area (Å²) in [6, 6.07) is 6.36. The van der Waals surface area contributed by atoms with Crippen LogP contribution < -0.4 is 4.74 Å². The van der Waals surface area contributed by atoms with Gasteiger partial charge in [-0.15, -0.1) is 0 Å². The Morgan fingerprint density at radius 2 is 1.81 bits per heavy atom. The lowest BCUT2D eigenvalue weighted by Crippen LogP contribution is -2.45. The number of aliphatic carboxylic acids is 1. The van der Waals surface area contributed by atoms with Crippen LogP contribution in [0.15, 0.2) is 18.2 Å². The monoisotopic (exact) mass is 443 g/mol. The first-order valence-corrected chi connectivity index (χ1v) is 12.1. The maximum atomic E-state index is 12.4. The molecular weight excluding hydrogens is 406 g/mol. The number of ether oxygens (including phenoxy) is 2. The first-order valence-electron chi connectivity index (χ1n) is 12.1. The minimum Gasteiger partial charge on any atom is -0.490 e. The Balaban J connectivity index is 1.40. The number of hydrogen-bond donors (Lipinski definition) is 1. The average Bonchev–Trinajstić information content (AvgIpc) is 3.57. The van der Waals surface area contributed by atoms with Gasteiger partial charge in [-0.1, -0.05) is 19.1 Å². The standard InChI is InChI=1S/C26H37NO5/c1-16(24(28)29)23(19-6-7-19)20-8-5-17-9-10-21(31-22(17)15-20)18-11-13-27(14-12-18)25(30)32-26(2,3)4/h5,8,15-16,18-19,21,23H,6-7,9-14H2,1-4H3,(H,28,29)/t16-,21?,23-/m0/s1. The number of rotatable bonds is 5. The first-order chi connectivity index (χ1) is 15.1. The minimum absolute atomic E-state index is 0.0545. The fourth-order valence-electron chi connectivity index (χ4n) is 5.30. The van der Waals surface area contributed by atoms with Crippen LogP contribution in [0.25, 0.3) is 0 Å². The molecular formula is C26H37NO5. The number of piperidine rings is 1. The second kappa shape index (κ2) is 8.95. The highest BCUT2D eigenvalue weighted by Gasteiger charge is 2.39. The lowest BCUT2D eigenvalue weighted by Gasteiger charge is -2.38. The molecule has 2 aliphatic heterocycles. The van der Waals surface area contributed by atoms with E-state index in [0.29, 0.717) is 24.9 Å². The number of fused-ring (bicyclic) bond motifs is 1. The molecule has 0 radical (unpaired) electrons. The number of nitrogens with zero attached hydrogens (tertiary/aromatic N) is 1. The van der Waals surface area contributed by atoms with Gasteiger partial charge in [0.2, 0.25) is 0 Å². The van der Waals surface area contributed by atoms with E-state index in [-0.39, 0.29) is 18.1 Å². The molecule has 2 fully saturated rings. The number of benzene rings is 1. The molecule has 3 atom stereocenters. The van der Waals surface area contributed by atoms with Crippen LogP contribution in [-0.4, -0.2) is 46.9 Å². The van der Waals surface area contributed by atoms with E-state index >= 15 is 0 Å². The molecule has 1 aliphatic carbocycles. The Kier molecular flexibility index (Phi) is 6.42. The molecule has 0 aromatic heterocycles. The van der Waals surface area contributed by atoms with Crippen molar-refractivity contribution in [2.75, 3.05) is 13.1 Å². The second-order valence-corrected chi connectivity index (χ2v) is 10.9. The third-order valence-electron chi connectivity index (χ3n) is 7.23. The van der Waals surface area contributed by atoms with Crippen molar-refractivity contribution in [3.05, 3.63) is 29.3 Å². The van der Waals surface area contributed by atoms with Crippen LogP contribution in [0.3, 0.4) is 0 Å². The maximum absolute atomic E-state index is 12.4. The topological polar surface area (TPSA) is 76.1 Å². The van der Waals surface area contributed by atoms with Crippen molar-refractivity contribution in [2.24, 2.45) is 17.8 Å². The van der Waals surface area contributed by atoms with E-state index in [1.807, 2.05) is 32.6 Å². The largest absolute Gasteiger partial charge is 0.490 e. The van der Waals surface area contributed by atoms with Crippen molar-refractivity contribution in [3.8, 4) is 5.75 Å². The Hall–Kier alpha value is -2.24. The number of carboxylic acids is 1. The van der Waals surface area contributed by atoms with Gasteiger partial charge in [-0.2, -0.15) is 0 Å². The summed E-state index contributed by atoms with van der Waals surface area (Å²) in [7, 11) is 0. The summed E-state index contributed by atoms with van der Waals surface area (Å²) in [5.74, 6) is 0.751. The number of carboxylic acid groups (broad SMARTS) is 1. The van der Waals surface area contributed by atoms with E-state index < -0.39 is 17.5 Å². The van der Waals surface area contributed by atoms with Gasteiger partial charge in [0.1, 0.15) is 17.5 Å². The van der Waals surface area contributed by atoms with E-state index in [0.717, 1.165) is 49.8 Å². The van der Waals surface area contributed by atoms with Gasteiger partial charge in [-0.3, -0.25) is 4.79 Å². The predicted molar refractivity (Wildman–Crippen MR) is 122 cm³/mol. The maximum Gasteiger partial charge on any atom is 0.410 e. The number of hydrogen-bond acceptors (Lipinski definition) is 4. The van der Waals surface area contributed by atoms with Gasteiger partial charge in [0.05, 0.1) is 5.92 Å². The number of amides is 1. The van der Waals surface area contributed by atoms with Gasteiger partial charge in [0, 0.05) is 13.1 Å². The Morgan fingerprint density at radius 3 is 2.41 bits per heavy atom. The molecule has 1 saturated heterocycles. The third-order valence-corrected chi connectivity index (χ3v) is 7.23. The van der Waals surface area contributed by atoms with E-state index in [9.17, 15) is 14.7 Å². The van der Waals surface area contributed by atoms with Crippen molar-refractivity contribution in [3.63, 3.8) is 0 Å². The first kappa shape index (κ1) is 22.9. The van der Waals surface area contributed by atoms with Crippen LogP contribution in [0.2, 0.25) is 0 Å². The summed E-state index contributed by atoms with van der Waals surface area (Å²) in [6.07, 6.45) is 5.94. The lowest BCUT2D eigenvalue weighted by atomic mass is 9.81.